The maximum atomic E-state index is 13.8. The van der Waals surface area contributed by atoms with Crippen LogP contribution in [-0.2, 0) is 0 Å². The minimum Gasteiger partial charge on any atom is -0.323 e. The summed E-state index contributed by atoms with van der Waals surface area (Å²) in [7, 11) is 0. The van der Waals surface area contributed by atoms with Crippen LogP contribution in [0.2, 0.25) is 0 Å². The Hall–Kier alpha value is -0.970. The molecule has 0 aromatic heterocycles. The Morgan fingerprint density at radius 2 is 2.05 bits per heavy atom. The summed E-state index contributed by atoms with van der Waals surface area (Å²) in [5, 5.41) is 0. The minimum absolute atomic E-state index is 0.184. The molecule has 0 radical (unpaired) electrons. The fraction of sp³-hybridized carbons (Fsp3) is 0.625. The van der Waals surface area contributed by atoms with Crippen molar-refractivity contribution >= 4 is 0 Å². The number of halogens is 1. The number of rotatable bonds is 3. The van der Waals surface area contributed by atoms with Gasteiger partial charge >= 0.3 is 0 Å². The highest BCUT2D eigenvalue weighted by Crippen LogP contribution is 2.23. The van der Waals surface area contributed by atoms with Crippen molar-refractivity contribution in [1.82, 2.24) is 9.80 Å². The van der Waals surface area contributed by atoms with E-state index in [0.29, 0.717) is 11.6 Å². The molecule has 2 unspecified atom stereocenters. The molecule has 0 aliphatic carbocycles. The first-order valence-electron chi connectivity index (χ1n) is 7.70. The number of piperazine rings is 1. The number of hydrogen-bond acceptors (Lipinski definition) is 3. The Morgan fingerprint density at radius 1 is 1.20 bits per heavy atom. The van der Waals surface area contributed by atoms with E-state index in [-0.39, 0.29) is 11.9 Å². The standard InChI is InChI=1S/C16H24FN3/c17-15-7-2-1-6-14(15)16(18)12-19-9-10-20-8-4-3-5-13(20)11-19/h1-2,6-7,13,16H,3-5,8-12,18H2. The lowest BCUT2D eigenvalue weighted by molar-refractivity contribution is 0.0465. The molecule has 2 heterocycles. The summed E-state index contributed by atoms with van der Waals surface area (Å²) in [6.07, 6.45) is 3.98. The van der Waals surface area contributed by atoms with E-state index >= 15 is 0 Å². The van der Waals surface area contributed by atoms with Gasteiger partial charge in [0, 0.05) is 43.8 Å². The molecule has 1 aromatic rings. The number of nitrogens with zero attached hydrogens (tertiary/aromatic N) is 2. The van der Waals surface area contributed by atoms with Gasteiger partial charge in [-0.25, -0.2) is 4.39 Å². The molecule has 0 amide bonds. The van der Waals surface area contributed by atoms with Crippen molar-refractivity contribution in [1.29, 1.82) is 0 Å². The summed E-state index contributed by atoms with van der Waals surface area (Å²) in [5.74, 6) is -0.184. The van der Waals surface area contributed by atoms with Crippen molar-refractivity contribution in [3.05, 3.63) is 35.6 Å². The third kappa shape index (κ3) is 3.03. The Bertz CT molecular complexity index is 451. The van der Waals surface area contributed by atoms with Crippen LogP contribution in [0.1, 0.15) is 30.9 Å². The molecule has 2 aliphatic rings. The van der Waals surface area contributed by atoms with Crippen LogP contribution >= 0.6 is 0 Å². The Kier molecular flexibility index (Phi) is 4.34. The van der Waals surface area contributed by atoms with Crippen LogP contribution in [0.25, 0.3) is 0 Å². The lowest BCUT2D eigenvalue weighted by Crippen LogP contribution is -2.55. The largest absolute Gasteiger partial charge is 0.323 e. The molecule has 2 N–H and O–H groups in total. The SMILES string of the molecule is NC(CN1CCN2CCCCC2C1)c1ccccc1F. The minimum atomic E-state index is -0.230. The van der Waals surface area contributed by atoms with Crippen LogP contribution in [-0.4, -0.2) is 48.6 Å². The van der Waals surface area contributed by atoms with Crippen molar-refractivity contribution < 1.29 is 4.39 Å². The van der Waals surface area contributed by atoms with Crippen molar-refractivity contribution in [2.75, 3.05) is 32.7 Å². The van der Waals surface area contributed by atoms with E-state index in [0.717, 1.165) is 26.2 Å². The van der Waals surface area contributed by atoms with Crippen LogP contribution in [0.4, 0.5) is 4.39 Å². The number of piperidine rings is 1. The molecule has 0 spiro atoms. The molecule has 4 heteroatoms. The second kappa shape index (κ2) is 6.20. The van der Waals surface area contributed by atoms with E-state index in [1.54, 1.807) is 12.1 Å². The Labute approximate surface area is 120 Å². The first kappa shape index (κ1) is 14.0. The summed E-state index contributed by atoms with van der Waals surface area (Å²) in [4.78, 5) is 5.01. The van der Waals surface area contributed by atoms with Crippen LogP contribution in [0.5, 0.6) is 0 Å². The maximum absolute atomic E-state index is 13.8. The van der Waals surface area contributed by atoms with Gasteiger partial charge < -0.3 is 5.73 Å². The molecule has 3 nitrogen and oxygen atoms in total. The third-order valence-corrected chi connectivity index (χ3v) is 4.68. The maximum Gasteiger partial charge on any atom is 0.128 e. The first-order chi connectivity index (χ1) is 9.74. The zero-order valence-corrected chi connectivity index (χ0v) is 12.0. The monoisotopic (exact) mass is 277 g/mol. The molecule has 20 heavy (non-hydrogen) atoms. The average molecular weight is 277 g/mol. The molecule has 0 bridgehead atoms. The van der Waals surface area contributed by atoms with Crippen molar-refractivity contribution in [2.24, 2.45) is 5.73 Å². The molecule has 2 saturated heterocycles. The van der Waals surface area contributed by atoms with Gasteiger partial charge in [0.25, 0.3) is 0 Å². The van der Waals surface area contributed by atoms with E-state index in [9.17, 15) is 4.39 Å². The van der Waals surface area contributed by atoms with Gasteiger partial charge in [0.05, 0.1) is 0 Å². The second-order valence-electron chi connectivity index (χ2n) is 6.07. The van der Waals surface area contributed by atoms with Crippen LogP contribution in [0.15, 0.2) is 24.3 Å². The van der Waals surface area contributed by atoms with Crippen LogP contribution in [0, 0.1) is 5.82 Å². The molecule has 1 aromatic carbocycles. The van der Waals surface area contributed by atoms with E-state index in [1.807, 2.05) is 6.07 Å². The molecule has 0 saturated carbocycles. The van der Waals surface area contributed by atoms with Crippen molar-refractivity contribution in [3.8, 4) is 0 Å². The predicted octanol–water partition coefficient (Wildman–Crippen LogP) is 2.00. The smallest absolute Gasteiger partial charge is 0.128 e. The zero-order chi connectivity index (χ0) is 13.9. The molecule has 3 rings (SSSR count). The van der Waals surface area contributed by atoms with Crippen LogP contribution in [0.3, 0.4) is 0 Å². The van der Waals surface area contributed by atoms with Gasteiger partial charge in [-0.2, -0.15) is 0 Å². The molecule has 2 fully saturated rings. The molecule has 2 atom stereocenters. The highest BCUT2D eigenvalue weighted by Gasteiger charge is 2.29. The van der Waals surface area contributed by atoms with Gasteiger partial charge in [-0.15, -0.1) is 0 Å². The van der Waals surface area contributed by atoms with E-state index in [4.69, 9.17) is 5.73 Å². The third-order valence-electron chi connectivity index (χ3n) is 4.68. The summed E-state index contributed by atoms with van der Waals surface area (Å²) in [5.41, 5.74) is 6.84. The second-order valence-corrected chi connectivity index (χ2v) is 6.07. The van der Waals surface area contributed by atoms with E-state index < -0.39 is 0 Å². The van der Waals surface area contributed by atoms with Gasteiger partial charge in [-0.05, 0) is 25.5 Å². The number of benzene rings is 1. The Morgan fingerprint density at radius 3 is 2.90 bits per heavy atom. The summed E-state index contributed by atoms with van der Waals surface area (Å²) >= 11 is 0. The topological polar surface area (TPSA) is 32.5 Å². The van der Waals surface area contributed by atoms with Crippen LogP contribution < -0.4 is 5.73 Å². The lowest BCUT2D eigenvalue weighted by Gasteiger charge is -2.44. The number of fused-ring (bicyclic) bond motifs is 1. The van der Waals surface area contributed by atoms with Gasteiger partial charge in [-0.3, -0.25) is 9.80 Å². The quantitative estimate of drug-likeness (QED) is 0.917. The highest BCUT2D eigenvalue weighted by molar-refractivity contribution is 5.21. The molecule has 110 valence electrons. The number of nitrogens with two attached hydrogens (primary N) is 1. The van der Waals surface area contributed by atoms with Gasteiger partial charge in [-0.1, -0.05) is 24.6 Å². The first-order valence-corrected chi connectivity index (χ1v) is 7.70. The molecular weight excluding hydrogens is 253 g/mol. The predicted molar refractivity (Wildman–Crippen MR) is 79.0 cm³/mol. The molecular formula is C16H24FN3. The normalized spacial score (nSPS) is 26.2. The fourth-order valence-electron chi connectivity index (χ4n) is 3.54. The van der Waals surface area contributed by atoms with Crippen molar-refractivity contribution in [3.63, 3.8) is 0 Å². The van der Waals surface area contributed by atoms with Gasteiger partial charge in [0.15, 0.2) is 0 Å². The lowest BCUT2D eigenvalue weighted by atomic mass is 9.98. The fourth-order valence-corrected chi connectivity index (χ4v) is 3.54. The summed E-state index contributed by atoms with van der Waals surface area (Å²) in [6, 6.07) is 7.33. The zero-order valence-electron chi connectivity index (χ0n) is 12.0. The van der Waals surface area contributed by atoms with E-state index in [1.165, 1.54) is 31.9 Å². The Balaban J connectivity index is 1.59. The van der Waals surface area contributed by atoms with Gasteiger partial charge in [0.1, 0.15) is 5.82 Å². The summed E-state index contributed by atoms with van der Waals surface area (Å²) < 4.78 is 13.8. The molecule has 2 aliphatic heterocycles. The average Bonchev–Trinajstić information content (AvgIpc) is 2.47. The highest BCUT2D eigenvalue weighted by atomic mass is 19.1. The van der Waals surface area contributed by atoms with E-state index in [2.05, 4.69) is 9.80 Å². The number of hydrogen-bond donors (Lipinski definition) is 1. The summed E-state index contributed by atoms with van der Waals surface area (Å²) in [6.45, 7) is 5.28. The van der Waals surface area contributed by atoms with Crippen molar-refractivity contribution in [2.45, 2.75) is 31.3 Å². The van der Waals surface area contributed by atoms with Gasteiger partial charge in [0.2, 0.25) is 0 Å².